The van der Waals surface area contributed by atoms with E-state index in [4.69, 9.17) is 9.47 Å². The molecule has 5 heteroatoms. The maximum Gasteiger partial charge on any atom is 0.334 e. The molecule has 1 saturated heterocycles. The van der Waals surface area contributed by atoms with Crippen LogP contribution in [0.1, 0.15) is 40.0 Å². The van der Waals surface area contributed by atoms with Gasteiger partial charge in [-0.2, -0.15) is 0 Å². The molecule has 0 spiro atoms. The Morgan fingerprint density at radius 2 is 2.09 bits per heavy atom. The van der Waals surface area contributed by atoms with Gasteiger partial charge in [-0.3, -0.25) is 9.59 Å². The van der Waals surface area contributed by atoms with E-state index >= 15 is 0 Å². The smallest absolute Gasteiger partial charge is 0.334 e. The topological polar surface area (TPSA) is 69.7 Å². The normalized spacial score (nSPS) is 44.1. The van der Waals surface area contributed by atoms with E-state index in [0.29, 0.717) is 18.4 Å². The number of rotatable bonds is 1. The summed E-state index contributed by atoms with van der Waals surface area (Å²) in [7, 11) is 0. The number of carbonyl (C=O) groups is 3. The molecule has 0 aromatic heterocycles. The van der Waals surface area contributed by atoms with E-state index in [1.165, 1.54) is 6.92 Å². The average Bonchev–Trinajstić information content (AvgIpc) is 2.84. The van der Waals surface area contributed by atoms with Crippen LogP contribution in [-0.4, -0.2) is 29.9 Å². The fourth-order valence-electron chi connectivity index (χ4n) is 4.81. The third-order valence-electron chi connectivity index (χ3n) is 5.88. The maximum atomic E-state index is 12.7. The monoisotopic (exact) mass is 306 g/mol. The molecule has 120 valence electrons. The molecule has 0 N–H and O–H groups in total. The molecule has 1 aliphatic heterocycles. The molecule has 2 saturated carbocycles. The number of hydrogen-bond acceptors (Lipinski definition) is 5. The molecule has 2 aliphatic carbocycles. The minimum atomic E-state index is -0.762. The fraction of sp³-hybridized carbons (Fsp3) is 0.706. The second-order valence-corrected chi connectivity index (χ2v) is 7.09. The number of hydrogen-bond donors (Lipinski definition) is 0. The van der Waals surface area contributed by atoms with E-state index in [1.807, 2.05) is 6.92 Å². The molecular formula is C17H22O5. The Morgan fingerprint density at radius 1 is 1.41 bits per heavy atom. The lowest BCUT2D eigenvalue weighted by molar-refractivity contribution is -0.163. The zero-order chi connectivity index (χ0) is 16.2. The van der Waals surface area contributed by atoms with Crippen molar-refractivity contribution >= 4 is 17.7 Å². The SMILES string of the molecule is C=C1C(=O)O[C@@H]2C[C@@H](C)[C@@H]3CCC(=O)[C@@]3(C)[C@@H](OC(C)=O)[C@H]12. The van der Waals surface area contributed by atoms with Crippen molar-refractivity contribution in [2.24, 2.45) is 23.2 Å². The first-order valence-electron chi connectivity index (χ1n) is 7.87. The third-order valence-corrected chi connectivity index (χ3v) is 5.88. The Hall–Kier alpha value is -1.65. The summed E-state index contributed by atoms with van der Waals surface area (Å²) in [5.41, 5.74) is -0.438. The lowest BCUT2D eigenvalue weighted by Gasteiger charge is -2.39. The Bertz CT molecular complexity index is 565. The van der Waals surface area contributed by atoms with Crippen LogP contribution in [0.25, 0.3) is 0 Å². The number of carbonyl (C=O) groups excluding carboxylic acids is 3. The van der Waals surface area contributed by atoms with Crippen molar-refractivity contribution in [3.05, 3.63) is 12.2 Å². The van der Waals surface area contributed by atoms with E-state index in [9.17, 15) is 14.4 Å². The van der Waals surface area contributed by atoms with E-state index in [1.54, 1.807) is 0 Å². The third kappa shape index (κ3) is 1.94. The molecule has 22 heavy (non-hydrogen) atoms. The first-order valence-corrected chi connectivity index (χ1v) is 7.87. The van der Waals surface area contributed by atoms with Gasteiger partial charge in [-0.15, -0.1) is 0 Å². The molecular weight excluding hydrogens is 284 g/mol. The summed E-state index contributed by atoms with van der Waals surface area (Å²) in [5, 5.41) is 0. The van der Waals surface area contributed by atoms with Crippen molar-refractivity contribution in [2.75, 3.05) is 0 Å². The Morgan fingerprint density at radius 3 is 2.73 bits per heavy atom. The highest BCUT2D eigenvalue weighted by Crippen LogP contribution is 2.56. The second kappa shape index (κ2) is 4.93. The highest BCUT2D eigenvalue weighted by atomic mass is 16.6. The predicted molar refractivity (Wildman–Crippen MR) is 77.7 cm³/mol. The summed E-state index contributed by atoms with van der Waals surface area (Å²) >= 11 is 0. The number of ether oxygens (including phenoxy) is 2. The van der Waals surface area contributed by atoms with Crippen LogP contribution in [0.5, 0.6) is 0 Å². The number of fused-ring (bicyclic) bond motifs is 2. The van der Waals surface area contributed by atoms with Crippen molar-refractivity contribution in [1.29, 1.82) is 0 Å². The summed E-state index contributed by atoms with van der Waals surface area (Å²) in [6, 6.07) is 0. The number of esters is 2. The molecule has 0 amide bonds. The van der Waals surface area contributed by atoms with Crippen LogP contribution in [-0.2, 0) is 23.9 Å². The molecule has 3 aliphatic rings. The summed E-state index contributed by atoms with van der Waals surface area (Å²) in [6.07, 6.45) is 0.963. The molecule has 0 aromatic rings. The summed E-state index contributed by atoms with van der Waals surface area (Å²) in [5.74, 6) is -0.819. The van der Waals surface area contributed by atoms with Crippen LogP contribution in [0.3, 0.4) is 0 Å². The molecule has 1 heterocycles. The molecule has 3 fully saturated rings. The molecule has 0 unspecified atom stereocenters. The first-order chi connectivity index (χ1) is 10.3. The molecule has 0 radical (unpaired) electrons. The minimum absolute atomic E-state index is 0.114. The summed E-state index contributed by atoms with van der Waals surface area (Å²) in [6.45, 7) is 9.14. The number of Topliss-reactive ketones (excluding diaryl/α,β-unsaturated/α-hetero) is 1. The Kier molecular flexibility index (Phi) is 3.42. The second-order valence-electron chi connectivity index (χ2n) is 7.09. The zero-order valence-corrected chi connectivity index (χ0v) is 13.3. The van der Waals surface area contributed by atoms with Gasteiger partial charge in [-0.25, -0.2) is 4.79 Å². The maximum absolute atomic E-state index is 12.7. The van der Waals surface area contributed by atoms with Crippen molar-refractivity contribution in [1.82, 2.24) is 0 Å². The average molecular weight is 306 g/mol. The predicted octanol–water partition coefficient (Wildman–Crippen LogP) is 2.04. The highest BCUT2D eigenvalue weighted by Gasteiger charge is 2.63. The van der Waals surface area contributed by atoms with Gasteiger partial charge >= 0.3 is 11.9 Å². The van der Waals surface area contributed by atoms with Gasteiger partial charge in [0.15, 0.2) is 0 Å². The standard InChI is InChI=1S/C17H22O5/c1-8-7-12-14(9(2)16(20)22-12)15(21-10(3)18)17(4)11(8)5-6-13(17)19/h8,11-12,14-15H,2,5-7H2,1,3-4H3/t8-,11+,12-,14-,15+,17+/m1/s1. The lowest BCUT2D eigenvalue weighted by Crippen LogP contribution is -2.48. The Labute approximate surface area is 130 Å². The van der Waals surface area contributed by atoms with Gasteiger partial charge < -0.3 is 9.47 Å². The van der Waals surface area contributed by atoms with Crippen LogP contribution >= 0.6 is 0 Å². The van der Waals surface area contributed by atoms with Crippen LogP contribution in [0.2, 0.25) is 0 Å². The van der Waals surface area contributed by atoms with Gasteiger partial charge in [0.1, 0.15) is 18.0 Å². The minimum Gasteiger partial charge on any atom is -0.461 e. The summed E-state index contributed by atoms with van der Waals surface area (Å²) in [4.78, 5) is 36.2. The largest absolute Gasteiger partial charge is 0.461 e. The first kappa shape index (κ1) is 15.3. The van der Waals surface area contributed by atoms with Gasteiger partial charge in [0.25, 0.3) is 0 Å². The van der Waals surface area contributed by atoms with E-state index in [0.717, 1.165) is 6.42 Å². The van der Waals surface area contributed by atoms with Crippen LogP contribution in [0.15, 0.2) is 12.2 Å². The van der Waals surface area contributed by atoms with Gasteiger partial charge in [-0.05, 0) is 31.6 Å². The molecule has 0 aromatic carbocycles. The summed E-state index contributed by atoms with van der Waals surface area (Å²) < 4.78 is 11.0. The van der Waals surface area contributed by atoms with Crippen molar-refractivity contribution < 1.29 is 23.9 Å². The van der Waals surface area contributed by atoms with Crippen LogP contribution in [0, 0.1) is 23.2 Å². The van der Waals surface area contributed by atoms with Gasteiger partial charge in [0, 0.05) is 18.9 Å². The van der Waals surface area contributed by atoms with E-state index < -0.39 is 29.4 Å². The molecule has 5 nitrogen and oxygen atoms in total. The lowest BCUT2D eigenvalue weighted by atomic mass is 9.68. The van der Waals surface area contributed by atoms with Gasteiger partial charge in [0.05, 0.1) is 11.3 Å². The molecule has 6 atom stereocenters. The van der Waals surface area contributed by atoms with Crippen molar-refractivity contribution in [3.8, 4) is 0 Å². The van der Waals surface area contributed by atoms with Crippen molar-refractivity contribution in [2.45, 2.75) is 52.2 Å². The van der Waals surface area contributed by atoms with Crippen LogP contribution < -0.4 is 0 Å². The quantitative estimate of drug-likeness (QED) is 0.548. The van der Waals surface area contributed by atoms with Crippen LogP contribution in [0.4, 0.5) is 0 Å². The van der Waals surface area contributed by atoms with Gasteiger partial charge in [-0.1, -0.05) is 13.5 Å². The highest BCUT2D eigenvalue weighted by molar-refractivity contribution is 5.93. The van der Waals surface area contributed by atoms with E-state index in [-0.39, 0.29) is 23.7 Å². The van der Waals surface area contributed by atoms with E-state index in [2.05, 4.69) is 13.5 Å². The Balaban J connectivity index is 2.11. The molecule has 3 rings (SSSR count). The number of ketones is 1. The molecule has 0 bridgehead atoms. The zero-order valence-electron chi connectivity index (χ0n) is 13.3. The van der Waals surface area contributed by atoms with Crippen molar-refractivity contribution in [3.63, 3.8) is 0 Å². The fourth-order valence-corrected chi connectivity index (χ4v) is 4.81. The van der Waals surface area contributed by atoms with Gasteiger partial charge in [0.2, 0.25) is 0 Å².